The molecule has 2 aromatic carbocycles. The minimum absolute atomic E-state index is 0.0416. The number of para-hydroxylation sites is 1. The van der Waals surface area contributed by atoms with Crippen LogP contribution in [0, 0.1) is 10.5 Å². The molecule has 1 aliphatic rings. The van der Waals surface area contributed by atoms with Crippen molar-refractivity contribution in [1.82, 2.24) is 4.90 Å². The maximum absolute atomic E-state index is 13.0. The highest BCUT2D eigenvalue weighted by Crippen LogP contribution is 2.34. The number of carbonyl (C=O) groups excluding carboxylic acids is 1. The van der Waals surface area contributed by atoms with Gasteiger partial charge < -0.3 is 14.4 Å². The van der Waals surface area contributed by atoms with E-state index >= 15 is 0 Å². The lowest BCUT2D eigenvalue weighted by atomic mass is 10.1. The molecule has 2 aromatic rings. The van der Waals surface area contributed by atoms with E-state index < -0.39 is 0 Å². The lowest BCUT2D eigenvalue weighted by Crippen LogP contribution is -2.31. The number of ether oxygens (including phenoxy) is 2. The van der Waals surface area contributed by atoms with Crippen LogP contribution < -0.4 is 9.47 Å². The van der Waals surface area contributed by atoms with Gasteiger partial charge in [0, 0.05) is 22.2 Å². The van der Waals surface area contributed by atoms with Gasteiger partial charge in [0.2, 0.25) is 0 Å². The van der Waals surface area contributed by atoms with Gasteiger partial charge in [-0.25, -0.2) is 0 Å². The molecule has 4 nitrogen and oxygen atoms in total. The number of fused-ring (bicyclic) bond motifs is 1. The maximum Gasteiger partial charge on any atom is 0.255 e. The summed E-state index contributed by atoms with van der Waals surface area (Å²) < 4.78 is 12.4. The Hall–Kier alpha value is -1.76. The molecule has 1 aliphatic heterocycles. The molecular weight excluding hydrogens is 417 g/mol. The minimum Gasteiger partial charge on any atom is -0.486 e. The van der Waals surface area contributed by atoms with Gasteiger partial charge in [0.15, 0.2) is 11.5 Å². The third kappa shape index (κ3) is 3.36. The second-order valence-electron chi connectivity index (χ2n) is 5.70. The Morgan fingerprint density at radius 3 is 2.71 bits per heavy atom. The van der Waals surface area contributed by atoms with Crippen LogP contribution in [0.15, 0.2) is 36.4 Å². The number of hydrogen-bond acceptors (Lipinski definition) is 3. The van der Waals surface area contributed by atoms with E-state index in [4.69, 9.17) is 9.47 Å². The Kier molecular flexibility index (Phi) is 5.28. The monoisotopic (exact) mass is 437 g/mol. The fourth-order valence-electron chi connectivity index (χ4n) is 2.77. The van der Waals surface area contributed by atoms with E-state index in [1.165, 1.54) is 0 Å². The second-order valence-corrected chi connectivity index (χ2v) is 6.78. The van der Waals surface area contributed by atoms with Crippen molar-refractivity contribution in [3.05, 3.63) is 56.7 Å². The quantitative estimate of drug-likeness (QED) is 0.679. The van der Waals surface area contributed by atoms with E-state index in [0.717, 1.165) is 31.8 Å². The minimum atomic E-state index is 0.0416. The van der Waals surface area contributed by atoms with E-state index in [0.29, 0.717) is 26.3 Å². The second kappa shape index (κ2) is 7.42. The first kappa shape index (κ1) is 17.1. The van der Waals surface area contributed by atoms with Crippen molar-refractivity contribution in [3.8, 4) is 11.5 Å². The van der Waals surface area contributed by atoms with E-state index in [-0.39, 0.29) is 5.91 Å². The van der Waals surface area contributed by atoms with Crippen molar-refractivity contribution in [1.29, 1.82) is 0 Å². The molecule has 0 spiro atoms. The highest BCUT2D eigenvalue weighted by Gasteiger charge is 2.21. The molecule has 1 heterocycles. The van der Waals surface area contributed by atoms with Gasteiger partial charge in [-0.05, 0) is 54.1 Å². The van der Waals surface area contributed by atoms with Crippen molar-refractivity contribution in [3.63, 3.8) is 0 Å². The Morgan fingerprint density at radius 1 is 1.17 bits per heavy atom. The van der Waals surface area contributed by atoms with Crippen molar-refractivity contribution >= 4 is 28.5 Å². The smallest absolute Gasteiger partial charge is 0.255 e. The van der Waals surface area contributed by atoms with Gasteiger partial charge in [-0.3, -0.25) is 4.79 Å². The molecule has 1 amide bonds. The number of nitrogens with zero attached hydrogens (tertiary/aromatic N) is 1. The number of halogens is 1. The number of aryl methyl sites for hydroxylation is 1. The molecule has 0 atom stereocenters. The molecule has 0 fully saturated rings. The predicted octanol–water partition coefficient (Wildman–Crippen LogP) is 4.03. The number of hydrogen-bond donors (Lipinski definition) is 0. The summed E-state index contributed by atoms with van der Waals surface area (Å²) in [6, 6.07) is 11.7. The molecule has 0 saturated carbocycles. The summed E-state index contributed by atoms with van der Waals surface area (Å²) in [7, 11) is 0. The normalized spacial score (nSPS) is 12.8. The van der Waals surface area contributed by atoms with Crippen molar-refractivity contribution in [2.75, 3.05) is 19.8 Å². The van der Waals surface area contributed by atoms with Crippen LogP contribution in [0.25, 0.3) is 0 Å². The molecule has 0 aromatic heterocycles. The maximum atomic E-state index is 13.0. The van der Waals surface area contributed by atoms with Gasteiger partial charge in [0.25, 0.3) is 5.91 Å². The zero-order valence-corrected chi connectivity index (χ0v) is 16.0. The van der Waals surface area contributed by atoms with Crippen LogP contribution in [-0.4, -0.2) is 30.6 Å². The number of rotatable bonds is 4. The molecule has 0 N–H and O–H groups in total. The fourth-order valence-corrected chi connectivity index (χ4v) is 3.36. The van der Waals surface area contributed by atoms with E-state index in [9.17, 15) is 4.79 Å². The molecule has 126 valence electrons. The first-order valence-corrected chi connectivity index (χ1v) is 9.11. The fraction of sp³-hybridized carbons (Fsp3) is 0.316. The van der Waals surface area contributed by atoms with Gasteiger partial charge in [-0.2, -0.15) is 0 Å². The lowest BCUT2D eigenvalue weighted by Gasteiger charge is -2.26. The van der Waals surface area contributed by atoms with Crippen LogP contribution in [0.1, 0.15) is 28.4 Å². The third-order valence-electron chi connectivity index (χ3n) is 4.10. The summed E-state index contributed by atoms with van der Waals surface area (Å²) >= 11 is 2.24. The molecule has 0 unspecified atom stereocenters. The summed E-state index contributed by atoms with van der Waals surface area (Å²) in [6.45, 7) is 6.26. The van der Waals surface area contributed by atoms with Crippen LogP contribution >= 0.6 is 22.6 Å². The first-order valence-electron chi connectivity index (χ1n) is 8.03. The van der Waals surface area contributed by atoms with Crippen molar-refractivity contribution in [2.45, 2.75) is 20.4 Å². The Bertz CT molecular complexity index is 760. The van der Waals surface area contributed by atoms with Gasteiger partial charge in [-0.1, -0.05) is 24.3 Å². The average molecular weight is 437 g/mol. The van der Waals surface area contributed by atoms with Crippen molar-refractivity contribution < 1.29 is 14.3 Å². The number of benzene rings is 2. The molecular formula is C19H20INO3. The number of carbonyl (C=O) groups is 1. The van der Waals surface area contributed by atoms with E-state index in [2.05, 4.69) is 22.6 Å². The Labute approximate surface area is 155 Å². The largest absolute Gasteiger partial charge is 0.486 e. The topological polar surface area (TPSA) is 38.8 Å². The predicted molar refractivity (Wildman–Crippen MR) is 102 cm³/mol. The number of amides is 1. The van der Waals surface area contributed by atoms with Gasteiger partial charge in [0.1, 0.15) is 13.2 Å². The lowest BCUT2D eigenvalue weighted by molar-refractivity contribution is 0.0748. The van der Waals surface area contributed by atoms with Gasteiger partial charge in [0.05, 0.1) is 5.56 Å². The zero-order chi connectivity index (χ0) is 17.1. The van der Waals surface area contributed by atoms with Gasteiger partial charge in [-0.15, -0.1) is 0 Å². The molecule has 0 saturated heterocycles. The van der Waals surface area contributed by atoms with Crippen molar-refractivity contribution in [2.24, 2.45) is 0 Å². The van der Waals surface area contributed by atoms with Crippen LogP contribution in [0.5, 0.6) is 11.5 Å². The molecule has 5 heteroatoms. The summed E-state index contributed by atoms with van der Waals surface area (Å²) in [4.78, 5) is 14.8. The zero-order valence-electron chi connectivity index (χ0n) is 13.8. The SMILES string of the molecule is CCN(Cc1cccc2c1OCCO2)C(=O)c1cccc(C)c1I. The van der Waals surface area contributed by atoms with Crippen LogP contribution in [-0.2, 0) is 6.54 Å². The van der Waals surface area contributed by atoms with E-state index in [1.807, 2.05) is 55.1 Å². The highest BCUT2D eigenvalue weighted by atomic mass is 127. The molecule has 0 radical (unpaired) electrons. The average Bonchev–Trinajstić information content (AvgIpc) is 2.61. The van der Waals surface area contributed by atoms with Crippen LogP contribution in [0.2, 0.25) is 0 Å². The van der Waals surface area contributed by atoms with E-state index in [1.54, 1.807) is 0 Å². The van der Waals surface area contributed by atoms with Gasteiger partial charge >= 0.3 is 0 Å². The molecule has 24 heavy (non-hydrogen) atoms. The first-order chi connectivity index (χ1) is 11.6. The Morgan fingerprint density at radius 2 is 1.92 bits per heavy atom. The Balaban J connectivity index is 1.88. The highest BCUT2D eigenvalue weighted by molar-refractivity contribution is 14.1. The molecule has 0 aliphatic carbocycles. The van der Waals surface area contributed by atoms with Crippen LogP contribution in [0.4, 0.5) is 0 Å². The summed E-state index contributed by atoms with van der Waals surface area (Å²) in [5.41, 5.74) is 2.84. The standard InChI is InChI=1S/C19H20INO3/c1-3-21(19(22)15-8-4-6-13(2)17(15)20)12-14-7-5-9-16-18(14)24-11-10-23-16/h4-9H,3,10-12H2,1-2H3. The molecule has 0 bridgehead atoms. The summed E-state index contributed by atoms with van der Waals surface area (Å²) in [5.74, 6) is 1.56. The molecule has 3 rings (SSSR count). The summed E-state index contributed by atoms with van der Waals surface area (Å²) in [5, 5.41) is 0. The van der Waals surface area contributed by atoms with Crippen LogP contribution in [0.3, 0.4) is 0 Å². The summed E-state index contributed by atoms with van der Waals surface area (Å²) in [6.07, 6.45) is 0. The third-order valence-corrected chi connectivity index (χ3v) is 5.53.